The number of carbonyl (C=O) groups excluding carboxylic acids is 1. The van der Waals surface area contributed by atoms with Crippen molar-refractivity contribution in [3.05, 3.63) is 40.9 Å². The van der Waals surface area contributed by atoms with E-state index in [-0.39, 0.29) is 22.6 Å². The van der Waals surface area contributed by atoms with Gasteiger partial charge in [-0.3, -0.25) is 0 Å². The molecule has 8 nitrogen and oxygen atoms in total. The molecule has 2 unspecified atom stereocenters. The lowest BCUT2D eigenvalue weighted by atomic mass is 9.47. The summed E-state index contributed by atoms with van der Waals surface area (Å²) >= 11 is 5.99. The molecule has 1 aromatic carbocycles. The fraction of sp³-hybridized carbons (Fsp3) is 0.524. The molecule has 1 aromatic heterocycles. The number of carbonyl (C=O) groups is 1. The lowest BCUT2D eigenvalue weighted by molar-refractivity contribution is -0.179. The average Bonchev–Trinajstić information content (AvgIpc) is 3.14. The van der Waals surface area contributed by atoms with E-state index in [0.717, 1.165) is 37.7 Å². The minimum absolute atomic E-state index is 0.149. The van der Waals surface area contributed by atoms with Gasteiger partial charge in [0, 0.05) is 11.3 Å². The van der Waals surface area contributed by atoms with E-state index in [4.69, 9.17) is 27.9 Å². The van der Waals surface area contributed by atoms with Crippen LogP contribution in [0, 0.1) is 24.2 Å². The molecule has 0 amide bonds. The number of halogens is 1. The van der Waals surface area contributed by atoms with Crippen molar-refractivity contribution in [2.24, 2.45) is 28.1 Å². The summed E-state index contributed by atoms with van der Waals surface area (Å²) < 4.78 is 1.88. The maximum absolute atomic E-state index is 13.3. The molecule has 0 saturated heterocycles. The van der Waals surface area contributed by atoms with Crippen LogP contribution in [0.5, 0.6) is 0 Å². The summed E-state index contributed by atoms with van der Waals surface area (Å²) in [6.45, 7) is 1.86. The van der Waals surface area contributed by atoms with Crippen LogP contribution in [0.25, 0.3) is 0 Å². The number of rotatable bonds is 4. The van der Waals surface area contributed by atoms with E-state index in [1.807, 2.05) is 17.7 Å². The molecule has 6 rings (SSSR count). The largest absolute Gasteiger partial charge is 0.398 e. The first-order valence-electron chi connectivity index (χ1n) is 10.3. The number of aromatic nitrogens is 3. The van der Waals surface area contributed by atoms with Crippen LogP contribution in [0.1, 0.15) is 49.7 Å². The van der Waals surface area contributed by atoms with Gasteiger partial charge in [-0.05, 0) is 80.5 Å². The maximum Gasteiger partial charge on any atom is 0.341 e. The SMILES string of the molecule is Cc1c(N)cccc1/C(N)=N/OC(=O)C12CC3CC(C1)CC(n1cnc(Cl)n1)(C3)C2. The molecule has 4 N–H and O–H groups in total. The van der Waals surface area contributed by atoms with Crippen molar-refractivity contribution < 1.29 is 9.63 Å². The second kappa shape index (κ2) is 6.70. The zero-order valence-corrected chi connectivity index (χ0v) is 17.6. The van der Waals surface area contributed by atoms with Gasteiger partial charge >= 0.3 is 5.97 Å². The third-order valence-electron chi connectivity index (χ3n) is 7.29. The number of benzene rings is 1. The Morgan fingerprint density at radius 1 is 1.30 bits per heavy atom. The summed E-state index contributed by atoms with van der Waals surface area (Å²) in [4.78, 5) is 22.8. The normalized spacial score (nSPS) is 32.4. The minimum Gasteiger partial charge on any atom is -0.398 e. The third-order valence-corrected chi connectivity index (χ3v) is 7.46. The van der Waals surface area contributed by atoms with Crippen LogP contribution in [0.15, 0.2) is 29.7 Å². The summed E-state index contributed by atoms with van der Waals surface area (Å²) in [5, 5.41) is 8.60. The van der Waals surface area contributed by atoms with Crippen LogP contribution >= 0.6 is 11.6 Å². The number of nitrogen functional groups attached to an aromatic ring is 1. The predicted octanol–water partition coefficient (Wildman–Crippen LogP) is 2.98. The number of amidine groups is 1. The number of hydrogen-bond acceptors (Lipinski definition) is 6. The van der Waals surface area contributed by atoms with Crippen LogP contribution in [0.2, 0.25) is 5.28 Å². The van der Waals surface area contributed by atoms with Crippen LogP contribution in [0.3, 0.4) is 0 Å². The minimum atomic E-state index is -0.572. The molecular formula is C21H25ClN6O2. The zero-order valence-electron chi connectivity index (χ0n) is 16.8. The smallest absolute Gasteiger partial charge is 0.341 e. The summed E-state index contributed by atoms with van der Waals surface area (Å²) in [5.74, 6) is 0.755. The molecule has 158 valence electrons. The van der Waals surface area contributed by atoms with E-state index < -0.39 is 5.41 Å². The van der Waals surface area contributed by atoms with Gasteiger partial charge in [0.1, 0.15) is 6.33 Å². The number of hydrogen-bond donors (Lipinski definition) is 2. The fourth-order valence-electron chi connectivity index (χ4n) is 6.36. The molecule has 1 heterocycles. The molecule has 4 saturated carbocycles. The molecule has 4 fully saturated rings. The Labute approximate surface area is 179 Å². The summed E-state index contributed by atoms with van der Waals surface area (Å²) in [5.41, 5.74) is 13.3. The van der Waals surface area contributed by atoms with Crippen LogP contribution in [-0.2, 0) is 15.2 Å². The van der Waals surface area contributed by atoms with Gasteiger partial charge in [0.2, 0.25) is 5.28 Å². The first-order chi connectivity index (χ1) is 14.3. The average molecular weight is 429 g/mol. The Bertz CT molecular complexity index is 1030. The molecule has 0 aliphatic heterocycles. The zero-order chi connectivity index (χ0) is 21.1. The standard InChI is InChI=1S/C21H25ClN6O2/c1-12-15(3-2-4-16(12)23)17(24)27-30-18(29)20-6-13-5-14(7-20)9-21(8-13,10-20)28-11-25-19(22)26-28/h2-4,11,13-14H,5-10,23H2,1H3,(H2,24,27). The van der Waals surface area contributed by atoms with Crippen molar-refractivity contribution in [2.75, 3.05) is 5.73 Å². The molecule has 0 spiro atoms. The number of nitrogens with two attached hydrogens (primary N) is 2. The van der Waals surface area contributed by atoms with Crippen molar-refractivity contribution in [3.8, 4) is 0 Å². The topological polar surface area (TPSA) is 121 Å². The molecule has 4 aliphatic rings. The van der Waals surface area contributed by atoms with E-state index in [1.54, 1.807) is 18.5 Å². The molecular weight excluding hydrogens is 404 g/mol. The number of anilines is 1. The van der Waals surface area contributed by atoms with E-state index in [9.17, 15) is 4.79 Å². The van der Waals surface area contributed by atoms with Gasteiger partial charge in [0.15, 0.2) is 5.84 Å². The molecule has 4 bridgehead atoms. The Morgan fingerprint density at radius 3 is 2.70 bits per heavy atom. The van der Waals surface area contributed by atoms with Gasteiger partial charge in [-0.15, -0.1) is 5.10 Å². The Morgan fingerprint density at radius 2 is 2.03 bits per heavy atom. The quantitative estimate of drug-likeness (QED) is 0.254. The molecule has 4 aliphatic carbocycles. The van der Waals surface area contributed by atoms with Gasteiger partial charge in [0.05, 0.1) is 11.0 Å². The van der Waals surface area contributed by atoms with Gasteiger partial charge < -0.3 is 16.3 Å². The first-order valence-corrected chi connectivity index (χ1v) is 10.7. The maximum atomic E-state index is 13.3. The van der Waals surface area contributed by atoms with E-state index >= 15 is 0 Å². The second-order valence-corrected chi connectivity index (χ2v) is 9.64. The van der Waals surface area contributed by atoms with E-state index in [2.05, 4.69) is 15.2 Å². The molecule has 9 heteroatoms. The predicted molar refractivity (Wildman–Crippen MR) is 113 cm³/mol. The summed E-state index contributed by atoms with van der Waals surface area (Å²) in [7, 11) is 0. The Balaban J connectivity index is 1.41. The van der Waals surface area contributed by atoms with Crippen molar-refractivity contribution in [1.29, 1.82) is 0 Å². The lowest BCUT2D eigenvalue weighted by Gasteiger charge is -2.60. The van der Waals surface area contributed by atoms with E-state index in [0.29, 0.717) is 29.5 Å². The van der Waals surface area contributed by atoms with E-state index in [1.165, 1.54) is 0 Å². The Kier molecular flexibility index (Phi) is 4.32. The van der Waals surface area contributed by atoms with Gasteiger partial charge in [0.25, 0.3) is 0 Å². The first kappa shape index (κ1) is 19.4. The van der Waals surface area contributed by atoms with Gasteiger partial charge in [-0.2, -0.15) is 0 Å². The van der Waals surface area contributed by atoms with Crippen LogP contribution in [0.4, 0.5) is 5.69 Å². The second-order valence-electron chi connectivity index (χ2n) is 9.30. The molecule has 2 aromatic rings. The molecule has 2 atom stereocenters. The lowest BCUT2D eigenvalue weighted by Crippen LogP contribution is -2.59. The third kappa shape index (κ3) is 2.96. The van der Waals surface area contributed by atoms with Crippen LogP contribution in [-0.4, -0.2) is 26.6 Å². The number of nitrogens with zero attached hydrogens (tertiary/aromatic N) is 4. The van der Waals surface area contributed by atoms with Crippen LogP contribution < -0.4 is 11.5 Å². The van der Waals surface area contributed by atoms with Crippen molar-refractivity contribution in [2.45, 2.75) is 51.0 Å². The highest BCUT2D eigenvalue weighted by atomic mass is 35.5. The summed E-state index contributed by atoms with van der Waals surface area (Å²) in [6.07, 6.45) is 7.12. The molecule has 30 heavy (non-hydrogen) atoms. The van der Waals surface area contributed by atoms with Crippen molar-refractivity contribution in [3.63, 3.8) is 0 Å². The monoisotopic (exact) mass is 428 g/mol. The number of oxime groups is 1. The highest BCUT2D eigenvalue weighted by Crippen LogP contribution is 2.64. The fourth-order valence-corrected chi connectivity index (χ4v) is 6.49. The van der Waals surface area contributed by atoms with Crippen molar-refractivity contribution in [1.82, 2.24) is 14.8 Å². The Hall–Kier alpha value is -2.61. The summed E-state index contributed by atoms with van der Waals surface area (Å²) in [6, 6.07) is 5.41. The highest BCUT2D eigenvalue weighted by molar-refractivity contribution is 6.28. The highest BCUT2D eigenvalue weighted by Gasteiger charge is 2.62. The van der Waals surface area contributed by atoms with Crippen molar-refractivity contribution >= 4 is 29.1 Å². The van der Waals surface area contributed by atoms with Gasteiger partial charge in [-0.1, -0.05) is 17.3 Å². The van der Waals surface area contributed by atoms with Gasteiger partial charge in [-0.25, -0.2) is 14.5 Å². The molecule has 0 radical (unpaired) electrons.